The number of hydrogen-bond donors (Lipinski definition) is 3. The zero-order valence-corrected chi connectivity index (χ0v) is 13.8. The number of aromatic hydroxyl groups is 2. The van der Waals surface area contributed by atoms with Crippen LogP contribution >= 0.6 is 0 Å². The molecule has 3 rings (SSSR count). The Labute approximate surface area is 148 Å². The predicted molar refractivity (Wildman–Crippen MR) is 89.2 cm³/mol. The molecule has 3 N–H and O–H groups in total. The number of phenolic OH excluding ortho intramolecular Hbond substituents is 2. The van der Waals surface area contributed by atoms with Gasteiger partial charge in [0.05, 0.1) is 6.04 Å². The van der Waals surface area contributed by atoms with Crippen molar-refractivity contribution in [3.05, 3.63) is 53.6 Å². The Morgan fingerprint density at radius 2 is 1.65 bits per heavy atom. The highest BCUT2D eigenvalue weighted by atomic mass is 19.4. The van der Waals surface area contributed by atoms with Crippen LogP contribution in [0.2, 0.25) is 0 Å². The number of nitrogens with zero attached hydrogens (tertiary/aromatic N) is 1. The summed E-state index contributed by atoms with van der Waals surface area (Å²) in [6.45, 7) is 2.90. The van der Waals surface area contributed by atoms with Crippen molar-refractivity contribution < 1.29 is 28.1 Å². The smallest absolute Gasteiger partial charge is 0.504 e. The third kappa shape index (κ3) is 4.20. The second-order valence-electron chi connectivity index (χ2n) is 6.02. The SMILES string of the molecule is Oc1cccc([C@H](c2ccc(OC(F)(F)F)cc2)N2CCNCC2)c1O. The van der Waals surface area contributed by atoms with Gasteiger partial charge in [-0.3, -0.25) is 4.90 Å². The summed E-state index contributed by atoms with van der Waals surface area (Å²) >= 11 is 0. The molecular weight excluding hydrogens is 349 g/mol. The van der Waals surface area contributed by atoms with E-state index in [-0.39, 0.29) is 17.2 Å². The Morgan fingerprint density at radius 3 is 2.27 bits per heavy atom. The third-order valence-corrected chi connectivity index (χ3v) is 4.29. The Kier molecular flexibility index (Phi) is 5.24. The second-order valence-corrected chi connectivity index (χ2v) is 6.02. The molecule has 5 nitrogen and oxygen atoms in total. The molecule has 0 amide bonds. The largest absolute Gasteiger partial charge is 0.573 e. The number of nitrogens with one attached hydrogen (secondary N) is 1. The van der Waals surface area contributed by atoms with Gasteiger partial charge in [0.2, 0.25) is 0 Å². The first-order chi connectivity index (χ1) is 12.3. The molecule has 1 fully saturated rings. The maximum atomic E-state index is 12.4. The molecular formula is C18H19F3N2O3. The number of rotatable bonds is 4. The molecule has 1 saturated heterocycles. The summed E-state index contributed by atoms with van der Waals surface area (Å²) < 4.78 is 41.0. The van der Waals surface area contributed by atoms with Crippen LogP contribution in [0.4, 0.5) is 13.2 Å². The lowest BCUT2D eigenvalue weighted by Gasteiger charge is -2.36. The molecule has 26 heavy (non-hydrogen) atoms. The zero-order chi connectivity index (χ0) is 18.7. The number of hydrogen-bond acceptors (Lipinski definition) is 5. The van der Waals surface area contributed by atoms with E-state index in [0.717, 1.165) is 13.1 Å². The molecule has 1 atom stereocenters. The minimum Gasteiger partial charge on any atom is -0.504 e. The van der Waals surface area contributed by atoms with Gasteiger partial charge in [-0.15, -0.1) is 13.2 Å². The van der Waals surface area contributed by atoms with E-state index in [2.05, 4.69) is 15.0 Å². The first-order valence-corrected chi connectivity index (χ1v) is 8.16. The van der Waals surface area contributed by atoms with Gasteiger partial charge in [-0.1, -0.05) is 24.3 Å². The van der Waals surface area contributed by atoms with Crippen LogP contribution in [0.25, 0.3) is 0 Å². The number of para-hydroxylation sites is 1. The highest BCUT2D eigenvalue weighted by molar-refractivity contribution is 5.49. The fourth-order valence-electron chi connectivity index (χ4n) is 3.15. The number of halogens is 3. The van der Waals surface area contributed by atoms with E-state index < -0.39 is 12.4 Å². The van der Waals surface area contributed by atoms with Gasteiger partial charge in [0.15, 0.2) is 11.5 Å². The van der Waals surface area contributed by atoms with E-state index in [9.17, 15) is 23.4 Å². The molecule has 1 aliphatic rings. The number of ether oxygens (including phenoxy) is 1. The molecule has 1 aliphatic heterocycles. The van der Waals surface area contributed by atoms with Crippen molar-refractivity contribution in [2.75, 3.05) is 26.2 Å². The zero-order valence-electron chi connectivity index (χ0n) is 13.8. The summed E-state index contributed by atoms with van der Waals surface area (Å²) in [5.74, 6) is -0.772. The lowest BCUT2D eigenvalue weighted by atomic mass is 9.95. The molecule has 0 saturated carbocycles. The van der Waals surface area contributed by atoms with Gasteiger partial charge in [-0.2, -0.15) is 0 Å². The van der Waals surface area contributed by atoms with Gasteiger partial charge in [0.1, 0.15) is 5.75 Å². The van der Waals surface area contributed by atoms with Gasteiger partial charge in [-0.25, -0.2) is 0 Å². The quantitative estimate of drug-likeness (QED) is 0.724. The molecule has 0 radical (unpaired) electrons. The summed E-state index contributed by atoms with van der Waals surface area (Å²) in [7, 11) is 0. The lowest BCUT2D eigenvalue weighted by Crippen LogP contribution is -2.45. The van der Waals surface area contributed by atoms with Crippen molar-refractivity contribution in [1.29, 1.82) is 0 Å². The normalized spacial score (nSPS) is 17.0. The molecule has 0 spiro atoms. The van der Waals surface area contributed by atoms with Crippen LogP contribution in [-0.2, 0) is 0 Å². The van der Waals surface area contributed by atoms with E-state index in [1.165, 1.54) is 30.3 Å². The first-order valence-electron chi connectivity index (χ1n) is 8.16. The highest BCUT2D eigenvalue weighted by Crippen LogP contribution is 2.39. The second kappa shape index (κ2) is 7.43. The minimum absolute atomic E-state index is 0.230. The van der Waals surface area contributed by atoms with Crippen LogP contribution in [0, 0.1) is 0 Å². The summed E-state index contributed by atoms with van der Waals surface area (Å²) in [4.78, 5) is 2.10. The predicted octanol–water partition coefficient (Wildman–Crippen LogP) is 2.99. The highest BCUT2D eigenvalue weighted by Gasteiger charge is 2.31. The van der Waals surface area contributed by atoms with Crippen LogP contribution in [0.15, 0.2) is 42.5 Å². The van der Waals surface area contributed by atoms with Crippen LogP contribution in [0.3, 0.4) is 0 Å². The van der Waals surface area contributed by atoms with Crippen LogP contribution in [0.5, 0.6) is 17.2 Å². The molecule has 140 valence electrons. The number of piperazine rings is 1. The minimum atomic E-state index is -4.75. The van der Waals surface area contributed by atoms with E-state index in [0.29, 0.717) is 24.2 Å². The molecule has 0 aliphatic carbocycles. The molecule has 0 unspecified atom stereocenters. The van der Waals surface area contributed by atoms with Crippen LogP contribution in [-0.4, -0.2) is 47.7 Å². The van der Waals surface area contributed by atoms with E-state index >= 15 is 0 Å². The van der Waals surface area contributed by atoms with Gasteiger partial charge in [0, 0.05) is 31.7 Å². The lowest BCUT2D eigenvalue weighted by molar-refractivity contribution is -0.274. The molecule has 0 bridgehead atoms. The molecule has 1 heterocycles. The fourth-order valence-corrected chi connectivity index (χ4v) is 3.15. The number of alkyl halides is 3. The van der Waals surface area contributed by atoms with E-state index in [1.54, 1.807) is 12.1 Å². The Balaban J connectivity index is 1.96. The molecule has 2 aromatic carbocycles. The summed E-state index contributed by atoms with van der Waals surface area (Å²) in [6, 6.07) is 9.88. The summed E-state index contributed by atoms with van der Waals surface area (Å²) in [5.41, 5.74) is 1.19. The van der Waals surface area contributed by atoms with Crippen molar-refractivity contribution in [2.24, 2.45) is 0 Å². The average Bonchev–Trinajstić information content (AvgIpc) is 2.60. The fraction of sp³-hybridized carbons (Fsp3) is 0.333. The van der Waals surface area contributed by atoms with E-state index in [4.69, 9.17) is 0 Å². The van der Waals surface area contributed by atoms with Crippen molar-refractivity contribution in [3.8, 4) is 17.2 Å². The first kappa shape index (κ1) is 18.3. The van der Waals surface area contributed by atoms with Gasteiger partial charge in [0.25, 0.3) is 0 Å². The maximum Gasteiger partial charge on any atom is 0.573 e. The monoisotopic (exact) mass is 368 g/mol. The van der Waals surface area contributed by atoms with Crippen molar-refractivity contribution in [3.63, 3.8) is 0 Å². The van der Waals surface area contributed by atoms with Crippen molar-refractivity contribution >= 4 is 0 Å². The molecule has 2 aromatic rings. The number of benzene rings is 2. The van der Waals surface area contributed by atoms with Gasteiger partial charge in [-0.05, 0) is 23.8 Å². The molecule has 8 heteroatoms. The number of phenols is 2. The third-order valence-electron chi connectivity index (χ3n) is 4.29. The summed E-state index contributed by atoms with van der Waals surface area (Å²) in [5, 5.41) is 23.4. The summed E-state index contributed by atoms with van der Waals surface area (Å²) in [6.07, 6.45) is -4.75. The maximum absolute atomic E-state index is 12.4. The topological polar surface area (TPSA) is 65.0 Å². The Hall–Kier alpha value is -2.45. The van der Waals surface area contributed by atoms with Crippen LogP contribution in [0.1, 0.15) is 17.2 Å². The van der Waals surface area contributed by atoms with Gasteiger partial charge >= 0.3 is 6.36 Å². The average molecular weight is 368 g/mol. The van der Waals surface area contributed by atoms with Crippen molar-refractivity contribution in [2.45, 2.75) is 12.4 Å². The molecule has 0 aromatic heterocycles. The Morgan fingerprint density at radius 1 is 1.00 bits per heavy atom. The van der Waals surface area contributed by atoms with Gasteiger partial charge < -0.3 is 20.3 Å². The van der Waals surface area contributed by atoms with Crippen molar-refractivity contribution in [1.82, 2.24) is 10.2 Å². The van der Waals surface area contributed by atoms with Crippen LogP contribution < -0.4 is 10.1 Å². The van der Waals surface area contributed by atoms with E-state index in [1.807, 2.05) is 0 Å². The standard InChI is InChI=1S/C18H19F3N2O3/c19-18(20,21)26-13-6-4-12(5-7-13)16(23-10-8-22-9-11-23)14-2-1-3-15(24)17(14)25/h1-7,16,22,24-25H,8-11H2/t16-/m0/s1. The Bertz CT molecular complexity index is 744.